The highest BCUT2D eigenvalue weighted by atomic mass is 32.2. The molecule has 3 unspecified atom stereocenters. The minimum atomic E-state index is -3.37. The number of likely N-dealkylation sites (tertiary alicyclic amines) is 1. The molecule has 202 valence electrons. The first kappa shape index (κ1) is 28.0. The van der Waals surface area contributed by atoms with E-state index >= 15 is 0 Å². The summed E-state index contributed by atoms with van der Waals surface area (Å²) in [6.07, 6.45) is 5.72. The molecule has 2 fully saturated rings. The molecule has 7 heteroatoms. The average molecular weight is 525 g/mol. The van der Waals surface area contributed by atoms with Gasteiger partial charge in [-0.3, -0.25) is 10.3 Å². The molecular formula is C30H44N4O2S. The number of hydrogen-bond acceptors (Lipinski definition) is 5. The van der Waals surface area contributed by atoms with Gasteiger partial charge in [0, 0.05) is 51.2 Å². The summed E-state index contributed by atoms with van der Waals surface area (Å²) in [6, 6.07) is 16.1. The van der Waals surface area contributed by atoms with Crippen molar-refractivity contribution in [2.45, 2.75) is 64.8 Å². The maximum absolute atomic E-state index is 13.2. The molecule has 0 amide bonds. The molecule has 3 atom stereocenters. The Kier molecular flexibility index (Phi) is 9.24. The van der Waals surface area contributed by atoms with E-state index in [1.165, 1.54) is 27.8 Å². The predicted octanol–water partition coefficient (Wildman–Crippen LogP) is 4.91. The first-order valence-electron chi connectivity index (χ1n) is 13.8. The van der Waals surface area contributed by atoms with Gasteiger partial charge in [-0.2, -0.15) is 4.31 Å². The summed E-state index contributed by atoms with van der Waals surface area (Å²) < 4.78 is 28.1. The van der Waals surface area contributed by atoms with Crippen molar-refractivity contribution < 1.29 is 8.42 Å². The average Bonchev–Trinajstić information content (AvgIpc) is 3.36. The van der Waals surface area contributed by atoms with Gasteiger partial charge in [-0.1, -0.05) is 68.5 Å². The van der Waals surface area contributed by atoms with E-state index in [-0.39, 0.29) is 0 Å². The van der Waals surface area contributed by atoms with Crippen LogP contribution in [0.15, 0.2) is 54.6 Å². The topological polar surface area (TPSA) is 55.9 Å². The fourth-order valence-electron chi connectivity index (χ4n) is 5.64. The van der Waals surface area contributed by atoms with Gasteiger partial charge in [0.15, 0.2) is 0 Å². The third-order valence-corrected chi connectivity index (χ3v) is 10.5. The molecule has 0 spiro atoms. The Morgan fingerprint density at radius 3 is 2.51 bits per heavy atom. The van der Waals surface area contributed by atoms with Crippen LogP contribution in [0.5, 0.6) is 0 Å². The van der Waals surface area contributed by atoms with Crippen molar-refractivity contribution in [1.29, 1.82) is 0 Å². The highest BCUT2D eigenvalue weighted by Crippen LogP contribution is 2.35. The number of likely N-dealkylation sites (N-methyl/N-ethyl adjacent to an activating group) is 1. The molecule has 37 heavy (non-hydrogen) atoms. The van der Waals surface area contributed by atoms with Crippen LogP contribution in [0.4, 0.5) is 0 Å². The Morgan fingerprint density at radius 1 is 1.08 bits per heavy atom. The van der Waals surface area contributed by atoms with E-state index in [0.29, 0.717) is 31.5 Å². The third kappa shape index (κ3) is 6.02. The summed E-state index contributed by atoms with van der Waals surface area (Å²) in [5, 5.41) is 1.44. The molecule has 2 aliphatic rings. The second kappa shape index (κ2) is 12.2. The normalized spacial score (nSPS) is 23.2. The van der Waals surface area contributed by atoms with Gasteiger partial charge in [-0.05, 0) is 61.4 Å². The number of hydrogen-bond donors (Lipinski definition) is 1. The first-order chi connectivity index (χ1) is 17.8. The van der Waals surface area contributed by atoms with Gasteiger partial charge in [0.25, 0.3) is 0 Å². The van der Waals surface area contributed by atoms with Crippen molar-refractivity contribution in [2.24, 2.45) is 0 Å². The lowest BCUT2D eigenvalue weighted by atomic mass is 9.83. The molecule has 2 aliphatic heterocycles. The van der Waals surface area contributed by atoms with Crippen LogP contribution in [0.2, 0.25) is 0 Å². The number of benzene rings is 2. The van der Waals surface area contributed by atoms with E-state index in [9.17, 15) is 8.42 Å². The second-order valence-electron chi connectivity index (χ2n) is 10.5. The molecule has 6 nitrogen and oxygen atoms in total. The molecule has 2 aromatic carbocycles. The minimum Gasteiger partial charge on any atom is -0.296 e. The SMILES string of the molecule is CCCN1NCCC1S(=O)(=O)N(CC)C/C=C\CN1CC(c2ccc(-c3cccc(C)c3C)cc2)C1C. The van der Waals surface area contributed by atoms with Gasteiger partial charge < -0.3 is 0 Å². The van der Waals surface area contributed by atoms with Crippen LogP contribution in [0.1, 0.15) is 56.2 Å². The third-order valence-electron chi connectivity index (χ3n) is 8.23. The fraction of sp³-hybridized carbons (Fsp3) is 0.533. The number of sulfonamides is 1. The van der Waals surface area contributed by atoms with Gasteiger partial charge in [0.05, 0.1) is 0 Å². The van der Waals surface area contributed by atoms with Crippen LogP contribution < -0.4 is 5.43 Å². The van der Waals surface area contributed by atoms with Gasteiger partial charge in [0.1, 0.15) is 5.37 Å². The summed E-state index contributed by atoms with van der Waals surface area (Å²) in [5.74, 6) is 0.535. The Labute approximate surface area is 224 Å². The second-order valence-corrected chi connectivity index (χ2v) is 12.6. The van der Waals surface area contributed by atoms with Crippen molar-refractivity contribution in [3.05, 3.63) is 71.3 Å². The minimum absolute atomic E-state index is 0.431. The van der Waals surface area contributed by atoms with Crippen molar-refractivity contribution in [3.8, 4) is 11.1 Å². The van der Waals surface area contributed by atoms with E-state index in [1.54, 1.807) is 4.31 Å². The Morgan fingerprint density at radius 2 is 1.84 bits per heavy atom. The Hall–Kier alpha value is -2.03. The largest absolute Gasteiger partial charge is 0.296 e. The quantitative estimate of drug-likeness (QED) is 0.423. The van der Waals surface area contributed by atoms with Crippen LogP contribution in [-0.2, 0) is 10.0 Å². The van der Waals surface area contributed by atoms with E-state index in [4.69, 9.17) is 0 Å². The van der Waals surface area contributed by atoms with Gasteiger partial charge >= 0.3 is 0 Å². The molecule has 4 rings (SSSR count). The lowest BCUT2D eigenvalue weighted by Crippen LogP contribution is -2.52. The van der Waals surface area contributed by atoms with Crippen LogP contribution in [0.3, 0.4) is 0 Å². The number of nitrogens with one attached hydrogen (secondary N) is 1. The smallest absolute Gasteiger partial charge is 0.231 e. The van der Waals surface area contributed by atoms with Crippen molar-refractivity contribution in [1.82, 2.24) is 19.6 Å². The zero-order chi connectivity index (χ0) is 26.6. The summed E-state index contributed by atoms with van der Waals surface area (Å²) in [4.78, 5) is 2.45. The summed E-state index contributed by atoms with van der Waals surface area (Å²) in [5.41, 5.74) is 9.88. The maximum Gasteiger partial charge on any atom is 0.231 e. The summed E-state index contributed by atoms with van der Waals surface area (Å²) >= 11 is 0. The maximum atomic E-state index is 13.2. The lowest BCUT2D eigenvalue weighted by Gasteiger charge is -2.46. The van der Waals surface area contributed by atoms with E-state index in [2.05, 4.69) is 86.6 Å². The number of hydrazine groups is 1. The molecule has 0 aromatic heterocycles. The number of aryl methyl sites for hydroxylation is 1. The highest BCUT2D eigenvalue weighted by molar-refractivity contribution is 7.89. The summed E-state index contributed by atoms with van der Waals surface area (Å²) in [7, 11) is -3.37. The zero-order valence-corrected chi connectivity index (χ0v) is 24.0. The molecule has 0 radical (unpaired) electrons. The van der Waals surface area contributed by atoms with Gasteiger partial charge in [-0.25, -0.2) is 13.4 Å². The fourth-order valence-corrected chi connectivity index (χ4v) is 7.55. The highest BCUT2D eigenvalue weighted by Gasteiger charge is 2.38. The molecule has 1 N–H and O–H groups in total. The summed E-state index contributed by atoms with van der Waals surface area (Å²) in [6.45, 7) is 14.9. The van der Waals surface area contributed by atoms with Crippen LogP contribution >= 0.6 is 0 Å². The number of rotatable bonds is 11. The number of nitrogens with zero attached hydrogens (tertiary/aromatic N) is 3. The van der Waals surface area contributed by atoms with E-state index in [0.717, 1.165) is 32.6 Å². The molecule has 2 aromatic rings. The molecule has 0 aliphatic carbocycles. The lowest BCUT2D eigenvalue weighted by molar-refractivity contribution is 0.0871. The van der Waals surface area contributed by atoms with Crippen molar-refractivity contribution >= 4 is 10.0 Å². The Balaban J connectivity index is 1.29. The molecular weight excluding hydrogens is 480 g/mol. The molecule has 0 bridgehead atoms. The van der Waals surface area contributed by atoms with E-state index < -0.39 is 15.4 Å². The van der Waals surface area contributed by atoms with Gasteiger partial charge in [0.2, 0.25) is 10.0 Å². The van der Waals surface area contributed by atoms with Crippen LogP contribution in [-0.4, -0.2) is 73.3 Å². The molecule has 2 saturated heterocycles. The standard InChI is InChI=1S/C30H44N4O2S/c1-6-19-34-30(17-18-31-34)37(35,36)33(7-2)21-9-8-20-32-22-29(25(32)5)27-15-13-26(14-16-27)28-12-10-11-23(3)24(28)4/h8-16,25,29-31H,6-7,17-22H2,1-5H3/b9-8-. The first-order valence-corrected chi connectivity index (χ1v) is 15.3. The molecule has 2 heterocycles. The van der Waals surface area contributed by atoms with Crippen molar-refractivity contribution in [2.75, 3.05) is 39.3 Å². The van der Waals surface area contributed by atoms with E-state index in [1.807, 2.05) is 18.0 Å². The Bertz CT molecular complexity index is 1180. The van der Waals surface area contributed by atoms with Crippen LogP contribution in [0.25, 0.3) is 11.1 Å². The van der Waals surface area contributed by atoms with Crippen LogP contribution in [0, 0.1) is 13.8 Å². The molecule has 0 saturated carbocycles. The predicted molar refractivity (Wildman–Crippen MR) is 154 cm³/mol. The van der Waals surface area contributed by atoms with Crippen molar-refractivity contribution in [3.63, 3.8) is 0 Å². The van der Waals surface area contributed by atoms with Gasteiger partial charge in [-0.15, -0.1) is 0 Å². The monoisotopic (exact) mass is 524 g/mol. The zero-order valence-electron chi connectivity index (χ0n) is 23.2.